The average Bonchev–Trinajstić information content (AvgIpc) is 3.09. The first-order valence-electron chi connectivity index (χ1n) is 8.76. The number of carbonyl (C=O) groups excluding carboxylic acids is 1. The summed E-state index contributed by atoms with van der Waals surface area (Å²) in [6.07, 6.45) is 1.85. The second-order valence-electron chi connectivity index (χ2n) is 6.56. The third-order valence-corrected chi connectivity index (χ3v) is 4.65. The van der Waals surface area contributed by atoms with E-state index in [4.69, 9.17) is 9.47 Å². The van der Waals surface area contributed by atoms with Crippen LogP contribution in [0.1, 0.15) is 35.7 Å². The number of nitrogens with one attached hydrogen (secondary N) is 1. The van der Waals surface area contributed by atoms with E-state index in [0.29, 0.717) is 12.4 Å². The minimum absolute atomic E-state index is 0.0261. The Balaban J connectivity index is 1.82. The van der Waals surface area contributed by atoms with E-state index in [2.05, 4.69) is 10.3 Å². The quantitative estimate of drug-likeness (QED) is 0.897. The van der Waals surface area contributed by atoms with Crippen molar-refractivity contribution in [2.75, 3.05) is 26.1 Å². The molecule has 2 amide bonds. The monoisotopic (exact) mass is 355 g/mol. The van der Waals surface area contributed by atoms with Gasteiger partial charge in [0.2, 0.25) is 0 Å². The first-order chi connectivity index (χ1) is 12.5. The molecule has 6 nitrogen and oxygen atoms in total. The fourth-order valence-electron chi connectivity index (χ4n) is 3.51. The number of benzene rings is 1. The molecule has 138 valence electrons. The lowest BCUT2D eigenvalue weighted by Gasteiger charge is -2.26. The second-order valence-corrected chi connectivity index (χ2v) is 6.56. The zero-order valence-electron chi connectivity index (χ0n) is 15.7. The van der Waals surface area contributed by atoms with Gasteiger partial charge in [-0.2, -0.15) is 0 Å². The molecule has 1 fully saturated rings. The highest BCUT2D eigenvalue weighted by Crippen LogP contribution is 2.38. The van der Waals surface area contributed by atoms with Gasteiger partial charge in [-0.25, -0.2) is 9.78 Å². The summed E-state index contributed by atoms with van der Waals surface area (Å²) in [6.45, 7) is 4.62. The van der Waals surface area contributed by atoms with E-state index in [9.17, 15) is 4.79 Å². The van der Waals surface area contributed by atoms with Crippen LogP contribution in [0.2, 0.25) is 0 Å². The van der Waals surface area contributed by atoms with Crippen LogP contribution in [0, 0.1) is 13.8 Å². The van der Waals surface area contributed by atoms with Gasteiger partial charge in [0, 0.05) is 23.9 Å². The molecule has 2 heterocycles. The second kappa shape index (κ2) is 7.64. The van der Waals surface area contributed by atoms with E-state index < -0.39 is 0 Å². The molecule has 26 heavy (non-hydrogen) atoms. The lowest BCUT2D eigenvalue weighted by Crippen LogP contribution is -2.34. The number of ether oxygens (including phenoxy) is 2. The molecule has 1 aromatic heterocycles. The van der Waals surface area contributed by atoms with Gasteiger partial charge in [-0.15, -0.1) is 0 Å². The number of anilines is 1. The highest BCUT2D eigenvalue weighted by molar-refractivity contribution is 5.89. The smallest absolute Gasteiger partial charge is 0.323 e. The Morgan fingerprint density at radius 1 is 1.19 bits per heavy atom. The highest BCUT2D eigenvalue weighted by Gasteiger charge is 2.32. The molecule has 1 aromatic carbocycles. The van der Waals surface area contributed by atoms with Crippen molar-refractivity contribution < 1.29 is 14.3 Å². The molecule has 0 radical (unpaired) electrons. The number of rotatable bonds is 4. The predicted octanol–water partition coefficient (Wildman–Crippen LogP) is 4.08. The van der Waals surface area contributed by atoms with Crippen molar-refractivity contribution in [2.24, 2.45) is 0 Å². The summed E-state index contributed by atoms with van der Waals surface area (Å²) in [5.74, 6) is 2.05. The molecule has 2 aromatic rings. The number of pyridine rings is 1. The van der Waals surface area contributed by atoms with Gasteiger partial charge in [0.25, 0.3) is 0 Å². The third-order valence-electron chi connectivity index (χ3n) is 4.65. The molecule has 0 unspecified atom stereocenters. The molecular formula is C20H25N3O3. The zero-order valence-corrected chi connectivity index (χ0v) is 15.7. The fourth-order valence-corrected chi connectivity index (χ4v) is 3.51. The van der Waals surface area contributed by atoms with Gasteiger partial charge in [0.05, 0.1) is 20.3 Å². The van der Waals surface area contributed by atoms with E-state index in [1.54, 1.807) is 14.2 Å². The van der Waals surface area contributed by atoms with Crippen molar-refractivity contribution in [3.63, 3.8) is 0 Å². The van der Waals surface area contributed by atoms with Gasteiger partial charge in [-0.1, -0.05) is 0 Å². The van der Waals surface area contributed by atoms with E-state index in [-0.39, 0.29) is 12.1 Å². The van der Waals surface area contributed by atoms with Crippen LogP contribution >= 0.6 is 0 Å². The molecule has 1 atom stereocenters. The van der Waals surface area contributed by atoms with Crippen molar-refractivity contribution >= 4 is 11.8 Å². The first kappa shape index (κ1) is 18.0. The van der Waals surface area contributed by atoms with Crippen LogP contribution in [-0.4, -0.2) is 36.7 Å². The Hall–Kier alpha value is -2.76. The van der Waals surface area contributed by atoms with E-state index >= 15 is 0 Å². The van der Waals surface area contributed by atoms with Gasteiger partial charge in [0.1, 0.15) is 17.3 Å². The van der Waals surface area contributed by atoms with Crippen molar-refractivity contribution in [1.29, 1.82) is 0 Å². The molecule has 1 N–H and O–H groups in total. The molecule has 0 spiro atoms. The van der Waals surface area contributed by atoms with Crippen molar-refractivity contribution in [1.82, 2.24) is 9.88 Å². The average molecular weight is 355 g/mol. The van der Waals surface area contributed by atoms with Crippen molar-refractivity contribution in [3.8, 4) is 11.5 Å². The van der Waals surface area contributed by atoms with Crippen molar-refractivity contribution in [2.45, 2.75) is 32.7 Å². The minimum atomic E-state index is -0.136. The maximum absolute atomic E-state index is 12.9. The molecular weight excluding hydrogens is 330 g/mol. The fraction of sp³-hybridized carbons (Fsp3) is 0.400. The molecule has 1 saturated heterocycles. The molecule has 0 saturated carbocycles. The summed E-state index contributed by atoms with van der Waals surface area (Å²) in [5.41, 5.74) is 2.95. The normalized spacial score (nSPS) is 16.5. The summed E-state index contributed by atoms with van der Waals surface area (Å²) in [5, 5.41) is 2.94. The van der Waals surface area contributed by atoms with Crippen LogP contribution in [0.25, 0.3) is 0 Å². The lowest BCUT2D eigenvalue weighted by atomic mass is 10.0. The number of hydrogen-bond acceptors (Lipinski definition) is 4. The minimum Gasteiger partial charge on any atom is -0.497 e. The number of aromatic nitrogens is 1. The van der Waals surface area contributed by atoms with E-state index in [1.807, 2.05) is 49.1 Å². The van der Waals surface area contributed by atoms with Crippen LogP contribution < -0.4 is 14.8 Å². The van der Waals surface area contributed by atoms with Gasteiger partial charge in [-0.3, -0.25) is 5.32 Å². The highest BCUT2D eigenvalue weighted by atomic mass is 16.5. The van der Waals surface area contributed by atoms with E-state index in [0.717, 1.165) is 41.2 Å². The maximum Gasteiger partial charge on any atom is 0.323 e. The number of amides is 2. The Morgan fingerprint density at radius 2 is 2.00 bits per heavy atom. The standard InChI is InChI=1S/C20H25N3O3/c1-13-10-14(2)21-19(11-13)22-20(24)23-9-5-6-17(23)16-8-7-15(25-3)12-18(16)26-4/h7-8,10-12,17H,5-6,9H2,1-4H3,(H,21,22,24)/t17-/m0/s1. The predicted molar refractivity (Wildman–Crippen MR) is 101 cm³/mol. The van der Waals surface area contributed by atoms with E-state index in [1.165, 1.54) is 0 Å². The van der Waals surface area contributed by atoms with Crippen LogP contribution in [0.15, 0.2) is 30.3 Å². The topological polar surface area (TPSA) is 63.7 Å². The molecule has 1 aliphatic heterocycles. The summed E-state index contributed by atoms with van der Waals surface area (Å²) in [6, 6.07) is 9.43. The van der Waals surface area contributed by atoms with Crippen LogP contribution in [0.5, 0.6) is 11.5 Å². The largest absolute Gasteiger partial charge is 0.497 e. The summed E-state index contributed by atoms with van der Waals surface area (Å²) >= 11 is 0. The van der Waals surface area contributed by atoms with Gasteiger partial charge >= 0.3 is 6.03 Å². The Bertz CT molecular complexity index is 787. The summed E-state index contributed by atoms with van der Waals surface area (Å²) in [7, 11) is 3.26. The number of carbonyl (C=O) groups is 1. The van der Waals surface area contributed by atoms with Crippen molar-refractivity contribution in [3.05, 3.63) is 47.2 Å². The number of methoxy groups -OCH3 is 2. The Kier molecular flexibility index (Phi) is 5.30. The first-order valence-corrected chi connectivity index (χ1v) is 8.76. The molecule has 6 heteroatoms. The number of hydrogen-bond donors (Lipinski definition) is 1. The lowest BCUT2D eigenvalue weighted by molar-refractivity contribution is 0.206. The zero-order chi connectivity index (χ0) is 18.7. The number of urea groups is 1. The van der Waals surface area contributed by atoms with Gasteiger partial charge < -0.3 is 14.4 Å². The Labute approximate surface area is 154 Å². The molecule has 0 bridgehead atoms. The molecule has 0 aliphatic carbocycles. The van der Waals surface area contributed by atoms with Crippen LogP contribution in [-0.2, 0) is 0 Å². The summed E-state index contributed by atoms with van der Waals surface area (Å²) < 4.78 is 10.8. The number of likely N-dealkylation sites (tertiary alicyclic amines) is 1. The van der Waals surface area contributed by atoms with Crippen LogP contribution in [0.4, 0.5) is 10.6 Å². The van der Waals surface area contributed by atoms with Crippen LogP contribution in [0.3, 0.4) is 0 Å². The van der Waals surface area contributed by atoms with Gasteiger partial charge in [0.15, 0.2) is 0 Å². The maximum atomic E-state index is 12.9. The molecule has 1 aliphatic rings. The Morgan fingerprint density at radius 3 is 2.69 bits per heavy atom. The SMILES string of the molecule is COc1ccc([C@@H]2CCCN2C(=O)Nc2cc(C)cc(C)n2)c(OC)c1. The number of nitrogens with zero attached hydrogens (tertiary/aromatic N) is 2. The summed E-state index contributed by atoms with van der Waals surface area (Å²) in [4.78, 5) is 19.1. The number of aryl methyl sites for hydroxylation is 2. The molecule has 3 rings (SSSR count). The third kappa shape index (κ3) is 3.74. The van der Waals surface area contributed by atoms with Gasteiger partial charge in [-0.05, 0) is 56.5 Å².